The number of hydrogen-bond acceptors (Lipinski definition) is 19. The van der Waals surface area contributed by atoms with Crippen LogP contribution in [0.5, 0.6) is 5.75 Å². The summed E-state index contributed by atoms with van der Waals surface area (Å²) in [5.41, 5.74) is 4.44. The largest absolute Gasteiger partial charge is 0.497 e. The number of aliphatic hydroxyl groups is 1. The van der Waals surface area contributed by atoms with E-state index in [1.54, 1.807) is 64.3 Å². The highest BCUT2D eigenvalue weighted by Crippen LogP contribution is 2.40. The second-order valence-electron chi connectivity index (χ2n) is 21.4. The number of esters is 2. The molecule has 1 heterocycles. The molecule has 2 amide bonds. The van der Waals surface area contributed by atoms with Gasteiger partial charge in [0.15, 0.2) is 0 Å². The van der Waals surface area contributed by atoms with Crippen molar-refractivity contribution < 1.29 is 62.3 Å². The van der Waals surface area contributed by atoms with Crippen molar-refractivity contribution in [1.29, 1.82) is 0 Å². The lowest BCUT2D eigenvalue weighted by Crippen LogP contribution is -2.48. The van der Waals surface area contributed by atoms with Gasteiger partial charge in [-0.05, 0) is 95.8 Å². The minimum atomic E-state index is -0.802. The molecule has 4 atom stereocenters. The lowest BCUT2D eigenvalue weighted by Gasteiger charge is -2.39. The Balaban J connectivity index is 0.000000316. The summed E-state index contributed by atoms with van der Waals surface area (Å²) in [5, 5.41) is 16.4. The smallest absolute Gasteiger partial charge is 0.409 e. The highest BCUT2D eigenvalue weighted by molar-refractivity contribution is 8.77. The third kappa shape index (κ3) is 26.2. The minimum absolute atomic E-state index is 0.0642. The molecule has 5 aromatic carbocycles. The number of carbonyl (C=O) groups is 4. The Morgan fingerprint density at radius 3 is 1.84 bits per heavy atom. The molecule has 1 saturated carbocycles. The number of nitrogens with zero attached hydrogens (tertiary/aromatic N) is 3. The first-order chi connectivity index (χ1) is 42.7. The van der Waals surface area contributed by atoms with Crippen LogP contribution in [0.15, 0.2) is 121 Å². The summed E-state index contributed by atoms with van der Waals surface area (Å²) in [6.07, 6.45) is 7.21. The van der Waals surface area contributed by atoms with E-state index in [-0.39, 0.29) is 61.4 Å². The zero-order chi connectivity index (χ0) is 63.4. The van der Waals surface area contributed by atoms with Gasteiger partial charge in [-0.15, -0.1) is 0 Å². The summed E-state index contributed by atoms with van der Waals surface area (Å²) >= 11 is 6.16. The molecule has 5 aromatic rings. The Morgan fingerprint density at radius 1 is 0.682 bits per heavy atom. The first kappa shape index (κ1) is 73.3. The van der Waals surface area contributed by atoms with E-state index in [9.17, 15) is 24.3 Å². The molecule has 1 saturated heterocycles. The number of aliphatic hydroxyl groups excluding tert-OH is 1. The van der Waals surface area contributed by atoms with Gasteiger partial charge in [-0.25, -0.2) is 14.4 Å². The van der Waals surface area contributed by atoms with Crippen LogP contribution in [-0.2, 0) is 42.9 Å². The SMILES string of the molecule is CCCC1(CNC(=O)OCCSSCCOC(=O)[C@H](C)c2ccc3cc(OC)ccc3c2)CCCCC1.C[C@@H]([C@@H](O)c1ccccc1)N(C)C(=O)OCCSSCCOC(=O)COCCN1CCN(C(c2ccccc2)c2ccc(Cl)cc2)CC1.O=C=O. The minimum Gasteiger partial charge on any atom is -0.497 e. The van der Waals surface area contributed by atoms with Crippen LogP contribution in [0.25, 0.3) is 10.8 Å². The van der Waals surface area contributed by atoms with Crippen molar-refractivity contribution >= 4 is 95.8 Å². The van der Waals surface area contributed by atoms with Gasteiger partial charge in [0.1, 0.15) is 38.8 Å². The highest BCUT2D eigenvalue weighted by atomic mass is 35.5. The van der Waals surface area contributed by atoms with Gasteiger partial charge in [-0.1, -0.05) is 184 Å². The van der Waals surface area contributed by atoms with E-state index in [2.05, 4.69) is 58.4 Å². The first-order valence-electron chi connectivity index (χ1n) is 30.0. The Kier molecular flexibility index (Phi) is 34.8. The van der Waals surface area contributed by atoms with Gasteiger partial charge in [0.2, 0.25) is 0 Å². The average Bonchev–Trinajstić information content (AvgIpc) is 3.52. The van der Waals surface area contributed by atoms with Crippen molar-refractivity contribution in [3.8, 4) is 5.75 Å². The molecular weight excluding hydrogens is 1220 g/mol. The van der Waals surface area contributed by atoms with Crippen LogP contribution < -0.4 is 10.1 Å². The lowest BCUT2D eigenvalue weighted by atomic mass is 9.71. The predicted molar refractivity (Wildman–Crippen MR) is 354 cm³/mol. The predicted octanol–water partition coefficient (Wildman–Crippen LogP) is 12.9. The van der Waals surface area contributed by atoms with Crippen molar-refractivity contribution in [2.75, 3.05) is 116 Å². The fourth-order valence-electron chi connectivity index (χ4n) is 10.4. The molecule has 7 rings (SSSR count). The maximum absolute atomic E-state index is 12.5. The number of likely N-dealkylation sites (N-methyl/N-ethyl adjacent to an activating group) is 1. The number of benzene rings is 5. The summed E-state index contributed by atoms with van der Waals surface area (Å²) in [5.74, 6) is 2.49. The quantitative estimate of drug-likeness (QED) is 0.0178. The number of hydrogen-bond donors (Lipinski definition) is 2. The maximum Gasteiger partial charge on any atom is 0.409 e. The Morgan fingerprint density at radius 2 is 1.23 bits per heavy atom. The highest BCUT2D eigenvalue weighted by Gasteiger charge is 2.32. The summed E-state index contributed by atoms with van der Waals surface area (Å²) in [7, 11) is 9.59. The molecular formula is C66H87ClN4O13S4. The average molecular weight is 1310 g/mol. The maximum atomic E-state index is 12.5. The van der Waals surface area contributed by atoms with Crippen LogP contribution in [0.2, 0.25) is 5.02 Å². The topological polar surface area (TPSA) is 200 Å². The van der Waals surface area contributed by atoms with Crippen LogP contribution in [0.4, 0.5) is 9.59 Å². The molecule has 0 aromatic heterocycles. The Labute approximate surface area is 540 Å². The molecule has 2 fully saturated rings. The van der Waals surface area contributed by atoms with Crippen LogP contribution >= 0.6 is 54.8 Å². The molecule has 2 aliphatic rings. The summed E-state index contributed by atoms with van der Waals surface area (Å²) < 4.78 is 32.3. The van der Waals surface area contributed by atoms with Crippen molar-refractivity contribution in [3.63, 3.8) is 0 Å². The second-order valence-corrected chi connectivity index (χ2v) is 27.2. The van der Waals surface area contributed by atoms with E-state index >= 15 is 0 Å². The van der Waals surface area contributed by atoms with E-state index < -0.39 is 18.2 Å². The molecule has 1 unspecified atom stereocenters. The van der Waals surface area contributed by atoms with Crippen LogP contribution in [0, 0.1) is 5.41 Å². The van der Waals surface area contributed by atoms with Gasteiger partial charge in [-0.3, -0.25) is 14.6 Å². The molecule has 1 aliphatic carbocycles. The van der Waals surface area contributed by atoms with Gasteiger partial charge >= 0.3 is 30.3 Å². The van der Waals surface area contributed by atoms with Crippen LogP contribution in [0.1, 0.15) is 106 Å². The number of amides is 2. The van der Waals surface area contributed by atoms with Crippen LogP contribution in [-0.4, -0.2) is 172 Å². The molecule has 0 bridgehead atoms. The molecule has 2 N–H and O–H groups in total. The van der Waals surface area contributed by atoms with Gasteiger partial charge in [0.25, 0.3) is 0 Å². The number of piperazine rings is 1. The summed E-state index contributed by atoms with van der Waals surface area (Å²) in [4.78, 5) is 71.6. The Bertz CT molecular complexity index is 2840. The standard InChI is InChI=1S/C36H46ClN3O6S2.C29H41NO5S2.CO2/c1-28(35(42)31-11-7-4-8-12-31)38(2)36(43)46-24-26-48-47-25-23-45-33(41)27-44-22-21-39-17-19-40(20-18-39)34(29-9-5-3-6-10-29)30-13-15-32(37)16-14-30;1-4-12-29(13-6-5-7-14-29)21-30-28(32)35-16-18-37-36-17-15-34-27(31)22(2)23-8-9-25-20-26(33-3)11-10-24(25)19-23;2-1-3/h3-16,28,34-35,42H,17-27H2,1-2H3;8-11,19-20,22H,4-7,12-18,21H2,1-3H3,(H,30,32);/t28-,34?,35+;22-;/m01./s1. The summed E-state index contributed by atoms with van der Waals surface area (Å²) in [6.45, 7) is 12.7. The fraction of sp³-hybridized carbons (Fsp3) is 0.500. The number of methoxy groups -OCH3 is 1. The van der Waals surface area contributed by atoms with E-state index in [1.807, 2.05) is 91.9 Å². The number of ether oxygens (including phenoxy) is 6. The molecule has 1 aliphatic heterocycles. The third-order valence-corrected chi connectivity index (χ3v) is 20.3. The van der Waals surface area contributed by atoms with E-state index in [4.69, 9.17) is 49.6 Å². The number of alkyl carbamates (subject to hydrolysis) is 1. The third-order valence-electron chi connectivity index (χ3n) is 15.4. The number of nitrogens with one attached hydrogen (secondary N) is 1. The first-order valence-corrected chi connectivity index (χ1v) is 35.3. The molecule has 17 nitrogen and oxygen atoms in total. The monoisotopic (exact) mass is 1310 g/mol. The molecule has 480 valence electrons. The van der Waals surface area contributed by atoms with Crippen molar-refractivity contribution in [1.82, 2.24) is 20.0 Å². The number of halogens is 1. The summed E-state index contributed by atoms with van der Waals surface area (Å²) in [6, 6.07) is 39.6. The fourth-order valence-corrected chi connectivity index (χ4v) is 13.9. The zero-order valence-corrected chi connectivity index (χ0v) is 55.3. The number of rotatable bonds is 32. The molecule has 88 heavy (non-hydrogen) atoms. The Hall–Kier alpha value is -5.45. The van der Waals surface area contributed by atoms with Gasteiger partial charge in [-0.2, -0.15) is 9.59 Å². The van der Waals surface area contributed by atoms with E-state index in [0.29, 0.717) is 42.8 Å². The van der Waals surface area contributed by atoms with E-state index in [0.717, 1.165) is 78.4 Å². The van der Waals surface area contributed by atoms with Crippen LogP contribution in [0.3, 0.4) is 0 Å². The number of carbonyl (C=O) groups excluding carboxylic acids is 6. The molecule has 22 heteroatoms. The van der Waals surface area contributed by atoms with E-state index in [1.165, 1.54) is 54.6 Å². The van der Waals surface area contributed by atoms with Crippen molar-refractivity contribution in [3.05, 3.63) is 149 Å². The van der Waals surface area contributed by atoms with Crippen molar-refractivity contribution in [2.45, 2.75) is 89.8 Å². The lowest BCUT2D eigenvalue weighted by molar-refractivity contribution is -0.191. The molecule has 0 spiro atoms. The van der Waals surface area contributed by atoms with Gasteiger partial charge in [0.05, 0.1) is 37.8 Å². The normalized spacial score (nSPS) is 15.3. The van der Waals surface area contributed by atoms with Crippen molar-refractivity contribution in [2.24, 2.45) is 5.41 Å². The van der Waals surface area contributed by atoms with Gasteiger partial charge < -0.3 is 43.7 Å². The zero-order valence-electron chi connectivity index (χ0n) is 51.3. The second kappa shape index (κ2) is 41.8. The number of fused-ring (bicyclic) bond motifs is 1. The molecule has 0 radical (unpaired) electrons. The van der Waals surface area contributed by atoms with Gasteiger partial charge in [0, 0.05) is 74.4 Å².